The SMILES string of the molecule is C=C(N=C/C=C\C)c1ccc(C2=CC(C/C3=C4\C=CC=CC4C=CC4C=CC=CC3=C4)CCC(C3=NC(c4ccccc4)=CCC(C/C=C/C=C\C=C/C)=N3)=C2)cc1. The van der Waals surface area contributed by atoms with E-state index in [4.69, 9.17) is 9.98 Å². The van der Waals surface area contributed by atoms with Crippen LogP contribution >= 0.6 is 0 Å². The lowest BCUT2D eigenvalue weighted by Crippen LogP contribution is -2.11. The van der Waals surface area contributed by atoms with Crippen molar-refractivity contribution in [2.45, 2.75) is 46.0 Å². The first-order chi connectivity index (χ1) is 28.6. The zero-order chi connectivity index (χ0) is 39.9. The van der Waals surface area contributed by atoms with E-state index < -0.39 is 0 Å². The van der Waals surface area contributed by atoms with Gasteiger partial charge < -0.3 is 0 Å². The number of nitrogens with zero attached hydrogens (tertiary/aromatic N) is 3. The standard InChI is InChI=1S/C55H53N3/c1-4-6-8-9-10-14-24-51-34-35-54(47-21-12-11-13-22-47)58-55(57-51)49-29-27-43(38-50(40-49)45-32-30-44(31-33-45)41(3)56-36-7-5-2)39-53-48-23-16-15-19-42(37-48)26-28-46-20-17-18-25-52(46)53/h4-23,25-26,28,30-33,35-38,40,42-43,46H,3,24,27,29,34,39H2,1-2H3/b6-4-,7-5-,9-8-,14-10+,28-26?,53-52-,56-36?. The minimum Gasteiger partial charge on any atom is -0.257 e. The van der Waals surface area contributed by atoms with Gasteiger partial charge in [0.25, 0.3) is 0 Å². The Labute approximate surface area is 345 Å². The third-order valence-electron chi connectivity index (χ3n) is 10.8. The first-order valence-electron chi connectivity index (χ1n) is 20.6. The number of benzene rings is 2. The summed E-state index contributed by atoms with van der Waals surface area (Å²) in [7, 11) is 0. The van der Waals surface area contributed by atoms with Crippen molar-refractivity contribution in [3.63, 3.8) is 0 Å². The predicted octanol–water partition coefficient (Wildman–Crippen LogP) is 14.1. The Morgan fingerprint density at radius 2 is 1.59 bits per heavy atom. The first kappa shape index (κ1) is 39.8. The van der Waals surface area contributed by atoms with E-state index in [1.165, 1.54) is 22.3 Å². The van der Waals surface area contributed by atoms with E-state index in [0.717, 1.165) is 77.3 Å². The minimum atomic E-state index is 0.258. The highest BCUT2D eigenvalue weighted by atomic mass is 14.9. The summed E-state index contributed by atoms with van der Waals surface area (Å²) < 4.78 is 0. The van der Waals surface area contributed by atoms with Crippen LogP contribution in [0.1, 0.15) is 62.6 Å². The van der Waals surface area contributed by atoms with Crippen molar-refractivity contribution in [1.82, 2.24) is 0 Å². The van der Waals surface area contributed by atoms with Gasteiger partial charge in [-0.15, -0.1) is 0 Å². The molecule has 2 aromatic carbocycles. The van der Waals surface area contributed by atoms with Crippen LogP contribution in [0.15, 0.2) is 232 Å². The van der Waals surface area contributed by atoms with Gasteiger partial charge in [0.05, 0.1) is 11.4 Å². The Kier molecular flexibility index (Phi) is 13.8. The van der Waals surface area contributed by atoms with Gasteiger partial charge in [-0.25, -0.2) is 9.98 Å². The van der Waals surface area contributed by atoms with E-state index in [1.807, 2.05) is 38.2 Å². The highest BCUT2D eigenvalue weighted by Gasteiger charge is 2.25. The Bertz CT molecular complexity index is 2380. The lowest BCUT2D eigenvalue weighted by atomic mass is 9.79. The molecule has 0 saturated carbocycles. The Morgan fingerprint density at radius 3 is 2.43 bits per heavy atom. The number of aliphatic imine (C=N–C) groups is 3. The van der Waals surface area contributed by atoms with E-state index in [-0.39, 0.29) is 17.8 Å². The van der Waals surface area contributed by atoms with E-state index in [1.54, 1.807) is 6.21 Å². The summed E-state index contributed by atoms with van der Waals surface area (Å²) in [6, 6.07) is 19.2. The molecule has 0 amide bonds. The van der Waals surface area contributed by atoms with Crippen LogP contribution in [0, 0.1) is 17.8 Å². The number of fused-ring (bicyclic) bond motifs is 2. The predicted molar refractivity (Wildman–Crippen MR) is 252 cm³/mol. The van der Waals surface area contributed by atoms with Gasteiger partial charge in [0.1, 0.15) is 0 Å². The van der Waals surface area contributed by atoms with E-state index in [0.29, 0.717) is 0 Å². The van der Waals surface area contributed by atoms with Crippen molar-refractivity contribution in [2.24, 2.45) is 32.7 Å². The maximum atomic E-state index is 5.36. The lowest BCUT2D eigenvalue weighted by Gasteiger charge is -2.25. The molecule has 0 radical (unpaired) electrons. The molecule has 0 aromatic heterocycles. The second kappa shape index (κ2) is 20.1. The highest BCUT2D eigenvalue weighted by Crippen LogP contribution is 2.40. The molecule has 3 heteroatoms. The van der Waals surface area contributed by atoms with Crippen LogP contribution in [-0.2, 0) is 0 Å². The number of amidine groups is 1. The van der Waals surface area contributed by atoms with Gasteiger partial charge in [-0.3, -0.25) is 4.99 Å². The van der Waals surface area contributed by atoms with Gasteiger partial charge in [-0.05, 0) is 95.7 Å². The van der Waals surface area contributed by atoms with Crippen molar-refractivity contribution in [1.29, 1.82) is 0 Å². The first-order valence-corrected chi connectivity index (χ1v) is 20.6. The van der Waals surface area contributed by atoms with Gasteiger partial charge in [-0.1, -0.05) is 183 Å². The van der Waals surface area contributed by atoms with E-state index >= 15 is 0 Å². The molecule has 3 atom stereocenters. The molecule has 5 aliphatic rings. The molecule has 1 heterocycles. The normalized spacial score (nSPS) is 23.2. The summed E-state index contributed by atoms with van der Waals surface area (Å²) in [5.41, 5.74) is 12.5. The third kappa shape index (κ3) is 10.5. The quantitative estimate of drug-likeness (QED) is 0.118. The van der Waals surface area contributed by atoms with Gasteiger partial charge in [-0.2, -0.15) is 0 Å². The molecule has 3 unspecified atom stereocenters. The maximum absolute atomic E-state index is 5.36. The largest absolute Gasteiger partial charge is 0.257 e. The molecule has 1 aliphatic heterocycles. The molecule has 3 nitrogen and oxygen atoms in total. The van der Waals surface area contributed by atoms with Gasteiger partial charge in [0.2, 0.25) is 0 Å². The highest BCUT2D eigenvalue weighted by molar-refractivity contribution is 6.11. The number of allylic oxidation sites excluding steroid dienone is 26. The van der Waals surface area contributed by atoms with Crippen LogP contribution in [0.25, 0.3) is 17.0 Å². The van der Waals surface area contributed by atoms with Gasteiger partial charge in [0.15, 0.2) is 5.84 Å². The van der Waals surface area contributed by atoms with Crippen LogP contribution in [-0.4, -0.2) is 17.8 Å². The van der Waals surface area contributed by atoms with Crippen molar-refractivity contribution in [2.75, 3.05) is 0 Å². The zero-order valence-electron chi connectivity index (χ0n) is 33.8. The average Bonchev–Trinajstić information content (AvgIpc) is 3.73. The second-order valence-electron chi connectivity index (χ2n) is 15.0. The van der Waals surface area contributed by atoms with Crippen LogP contribution in [0.5, 0.6) is 0 Å². The van der Waals surface area contributed by atoms with Crippen LogP contribution in [0.4, 0.5) is 0 Å². The fourth-order valence-corrected chi connectivity index (χ4v) is 7.76. The molecular weight excluding hydrogens is 703 g/mol. The summed E-state index contributed by atoms with van der Waals surface area (Å²) in [4.78, 5) is 15.3. The maximum Gasteiger partial charge on any atom is 0.155 e. The van der Waals surface area contributed by atoms with Crippen molar-refractivity contribution < 1.29 is 0 Å². The topological polar surface area (TPSA) is 37.1 Å². The Morgan fingerprint density at radius 1 is 0.776 bits per heavy atom. The Balaban J connectivity index is 1.28. The molecule has 2 aromatic rings. The lowest BCUT2D eigenvalue weighted by molar-refractivity contribution is 0.591. The monoisotopic (exact) mass is 755 g/mol. The molecule has 0 fully saturated rings. The number of rotatable bonds is 12. The molecule has 0 N–H and O–H groups in total. The summed E-state index contributed by atoms with van der Waals surface area (Å²) in [5.74, 6) is 1.62. The van der Waals surface area contributed by atoms with Gasteiger partial charge >= 0.3 is 0 Å². The molecule has 7 rings (SSSR count). The summed E-state index contributed by atoms with van der Waals surface area (Å²) in [6.07, 6.45) is 54.7. The van der Waals surface area contributed by atoms with Crippen LogP contribution < -0.4 is 0 Å². The molecule has 0 saturated heterocycles. The summed E-state index contributed by atoms with van der Waals surface area (Å²) in [6.45, 7) is 8.24. The van der Waals surface area contributed by atoms with Gasteiger partial charge in [0, 0.05) is 36.6 Å². The van der Waals surface area contributed by atoms with Crippen LogP contribution in [0.2, 0.25) is 0 Å². The van der Waals surface area contributed by atoms with E-state index in [9.17, 15) is 0 Å². The number of hydrogen-bond acceptors (Lipinski definition) is 3. The van der Waals surface area contributed by atoms with Crippen LogP contribution in [0.3, 0.4) is 0 Å². The second-order valence-corrected chi connectivity index (χ2v) is 15.0. The smallest absolute Gasteiger partial charge is 0.155 e. The van der Waals surface area contributed by atoms with Crippen molar-refractivity contribution in [3.8, 4) is 0 Å². The molecule has 0 spiro atoms. The fraction of sp³-hybridized carbons (Fsp3) is 0.182. The fourth-order valence-electron chi connectivity index (χ4n) is 7.76. The molecule has 58 heavy (non-hydrogen) atoms. The van der Waals surface area contributed by atoms with E-state index in [2.05, 4.69) is 176 Å². The third-order valence-corrected chi connectivity index (χ3v) is 10.8. The Hall–Kier alpha value is -6.45. The summed E-state index contributed by atoms with van der Waals surface area (Å²) in [5, 5.41) is 0. The number of hydrogen-bond donors (Lipinski definition) is 0. The molecular formula is C55H53N3. The average molecular weight is 756 g/mol. The minimum absolute atomic E-state index is 0.258. The summed E-state index contributed by atoms with van der Waals surface area (Å²) >= 11 is 0. The molecule has 288 valence electrons. The molecule has 4 aliphatic carbocycles. The van der Waals surface area contributed by atoms with Crippen molar-refractivity contribution in [3.05, 3.63) is 234 Å². The van der Waals surface area contributed by atoms with Crippen molar-refractivity contribution >= 4 is 34.7 Å². The molecule has 2 bridgehead atoms. The zero-order valence-corrected chi connectivity index (χ0v) is 33.8.